The summed E-state index contributed by atoms with van der Waals surface area (Å²) in [5.41, 5.74) is -0.991. The number of carbonyl (C=O) groups excluding carboxylic acids is 1. The minimum atomic E-state index is -1.86. The predicted molar refractivity (Wildman–Crippen MR) is 94.5 cm³/mol. The summed E-state index contributed by atoms with van der Waals surface area (Å²) in [5.74, 6) is -0.685. The third-order valence-electron chi connectivity index (χ3n) is 3.55. The summed E-state index contributed by atoms with van der Waals surface area (Å²) in [6, 6.07) is 13.5. The van der Waals surface area contributed by atoms with E-state index < -0.39 is 11.6 Å². The van der Waals surface area contributed by atoms with E-state index in [9.17, 15) is 9.90 Å². The Labute approximate surface area is 149 Å². The molecule has 23 heavy (non-hydrogen) atoms. The number of hydrogen-bond acceptors (Lipinski definition) is 3. The largest absolute Gasteiger partial charge is 0.463 e. The zero-order chi connectivity index (χ0) is 16.9. The molecular formula is C18H18BrClO3. The fourth-order valence-corrected chi connectivity index (χ4v) is 2.59. The maximum absolute atomic E-state index is 12.6. The highest BCUT2D eigenvalue weighted by atomic mass is 79.9. The monoisotopic (exact) mass is 396 g/mol. The minimum absolute atomic E-state index is 0.280. The molecule has 3 nitrogen and oxygen atoms in total. The number of hydrogen-bond donors (Lipinski definition) is 1. The van der Waals surface area contributed by atoms with Gasteiger partial charge in [-0.3, -0.25) is 0 Å². The fourth-order valence-electron chi connectivity index (χ4n) is 2.20. The average Bonchev–Trinajstić information content (AvgIpc) is 2.55. The molecule has 0 fully saturated rings. The third-order valence-corrected chi connectivity index (χ3v) is 4.33. The molecule has 0 aliphatic carbocycles. The van der Waals surface area contributed by atoms with E-state index in [0.29, 0.717) is 16.1 Å². The first-order valence-electron chi connectivity index (χ1n) is 7.40. The summed E-state index contributed by atoms with van der Waals surface area (Å²) >= 11 is 9.26. The molecule has 5 heteroatoms. The maximum Gasteiger partial charge on any atom is 0.347 e. The molecule has 1 atom stereocenters. The van der Waals surface area contributed by atoms with Gasteiger partial charge in [0.25, 0.3) is 0 Å². The summed E-state index contributed by atoms with van der Waals surface area (Å²) in [6.07, 6.45) is 1.66. The number of unbranched alkanes of at least 4 members (excludes halogenated alkanes) is 1. The zero-order valence-corrected chi connectivity index (χ0v) is 15.1. The molecule has 0 spiro atoms. The predicted octanol–water partition coefficient (Wildman–Crippen LogP) is 4.68. The Balaban J connectivity index is 2.43. The van der Waals surface area contributed by atoms with Crippen molar-refractivity contribution in [1.29, 1.82) is 0 Å². The molecule has 2 aromatic carbocycles. The van der Waals surface area contributed by atoms with Gasteiger partial charge in [-0.15, -0.1) is 0 Å². The molecule has 0 bridgehead atoms. The van der Waals surface area contributed by atoms with E-state index in [2.05, 4.69) is 15.9 Å². The van der Waals surface area contributed by atoms with E-state index in [-0.39, 0.29) is 6.61 Å². The third kappa shape index (κ3) is 4.14. The highest BCUT2D eigenvalue weighted by Crippen LogP contribution is 2.32. The van der Waals surface area contributed by atoms with Gasteiger partial charge in [-0.25, -0.2) is 4.79 Å². The van der Waals surface area contributed by atoms with E-state index in [1.807, 2.05) is 6.92 Å². The molecule has 0 aliphatic heterocycles. The fraction of sp³-hybridized carbons (Fsp3) is 0.278. The van der Waals surface area contributed by atoms with Crippen LogP contribution in [0.1, 0.15) is 30.9 Å². The van der Waals surface area contributed by atoms with Gasteiger partial charge in [-0.2, -0.15) is 0 Å². The lowest BCUT2D eigenvalue weighted by atomic mass is 9.86. The van der Waals surface area contributed by atoms with Crippen LogP contribution in [0.3, 0.4) is 0 Å². The molecule has 0 radical (unpaired) electrons. The Morgan fingerprint density at radius 2 is 1.65 bits per heavy atom. The van der Waals surface area contributed by atoms with Crippen molar-refractivity contribution in [2.75, 3.05) is 6.61 Å². The molecular weight excluding hydrogens is 380 g/mol. The maximum atomic E-state index is 12.6. The molecule has 0 heterocycles. The van der Waals surface area contributed by atoms with Gasteiger partial charge >= 0.3 is 5.97 Å². The molecule has 0 aliphatic rings. The van der Waals surface area contributed by atoms with Crippen LogP contribution in [0, 0.1) is 0 Å². The van der Waals surface area contributed by atoms with Crippen LogP contribution in [0.25, 0.3) is 0 Å². The number of benzene rings is 2. The van der Waals surface area contributed by atoms with Crippen LogP contribution in [0.4, 0.5) is 0 Å². The Morgan fingerprint density at radius 3 is 2.17 bits per heavy atom. The van der Waals surface area contributed by atoms with Crippen LogP contribution in [0.2, 0.25) is 5.02 Å². The van der Waals surface area contributed by atoms with Gasteiger partial charge in [0.1, 0.15) is 0 Å². The molecule has 1 unspecified atom stereocenters. The van der Waals surface area contributed by atoms with E-state index in [1.165, 1.54) is 0 Å². The number of carbonyl (C=O) groups is 1. The second kappa shape index (κ2) is 7.95. The second-order valence-electron chi connectivity index (χ2n) is 5.21. The number of ether oxygens (including phenoxy) is 1. The summed E-state index contributed by atoms with van der Waals surface area (Å²) in [4.78, 5) is 12.6. The van der Waals surface area contributed by atoms with Crippen molar-refractivity contribution in [3.63, 3.8) is 0 Å². The van der Waals surface area contributed by atoms with Crippen LogP contribution in [0.15, 0.2) is 53.0 Å². The number of halogens is 2. The number of rotatable bonds is 6. The molecule has 2 rings (SSSR count). The molecule has 122 valence electrons. The van der Waals surface area contributed by atoms with Crippen molar-refractivity contribution < 1.29 is 14.6 Å². The Bertz CT molecular complexity index is 607. The van der Waals surface area contributed by atoms with Crippen molar-refractivity contribution in [2.24, 2.45) is 0 Å². The normalized spacial score (nSPS) is 13.4. The van der Waals surface area contributed by atoms with Crippen LogP contribution in [-0.2, 0) is 15.1 Å². The minimum Gasteiger partial charge on any atom is -0.463 e. The van der Waals surface area contributed by atoms with Crippen LogP contribution >= 0.6 is 27.5 Å². The highest BCUT2D eigenvalue weighted by molar-refractivity contribution is 9.10. The quantitative estimate of drug-likeness (QED) is 0.568. The Hall–Kier alpha value is -1.36. The number of aliphatic hydroxyl groups is 1. The van der Waals surface area contributed by atoms with E-state index in [0.717, 1.165) is 17.3 Å². The Morgan fingerprint density at radius 1 is 1.13 bits per heavy atom. The van der Waals surface area contributed by atoms with Crippen molar-refractivity contribution in [3.05, 3.63) is 69.2 Å². The van der Waals surface area contributed by atoms with Crippen molar-refractivity contribution >= 4 is 33.5 Å². The average molecular weight is 398 g/mol. The van der Waals surface area contributed by atoms with Crippen molar-refractivity contribution in [3.8, 4) is 0 Å². The van der Waals surface area contributed by atoms with Gasteiger partial charge in [-0.05, 0) is 41.8 Å². The molecule has 0 saturated heterocycles. The molecule has 0 aromatic heterocycles. The van der Waals surface area contributed by atoms with Gasteiger partial charge in [0.15, 0.2) is 0 Å². The van der Waals surface area contributed by atoms with Crippen LogP contribution in [-0.4, -0.2) is 17.7 Å². The van der Waals surface area contributed by atoms with E-state index in [4.69, 9.17) is 16.3 Å². The number of esters is 1. The molecule has 0 amide bonds. The smallest absolute Gasteiger partial charge is 0.347 e. The van der Waals surface area contributed by atoms with Gasteiger partial charge < -0.3 is 9.84 Å². The van der Waals surface area contributed by atoms with Gasteiger partial charge in [0.05, 0.1) is 6.61 Å². The second-order valence-corrected chi connectivity index (χ2v) is 6.57. The zero-order valence-electron chi connectivity index (χ0n) is 12.8. The first kappa shape index (κ1) is 18.0. The molecule has 0 saturated carbocycles. The van der Waals surface area contributed by atoms with Crippen molar-refractivity contribution in [2.45, 2.75) is 25.4 Å². The van der Waals surface area contributed by atoms with Crippen molar-refractivity contribution in [1.82, 2.24) is 0 Å². The van der Waals surface area contributed by atoms with Gasteiger partial charge in [-0.1, -0.05) is 65.1 Å². The van der Waals surface area contributed by atoms with E-state index in [1.54, 1.807) is 48.5 Å². The SMILES string of the molecule is CCCCOC(=O)C(O)(c1ccc(Cl)cc1)c1ccc(Br)cc1. The highest BCUT2D eigenvalue weighted by Gasteiger charge is 2.41. The lowest BCUT2D eigenvalue weighted by molar-refractivity contribution is -0.162. The molecule has 2 aromatic rings. The lowest BCUT2D eigenvalue weighted by Gasteiger charge is -2.27. The topological polar surface area (TPSA) is 46.5 Å². The summed E-state index contributed by atoms with van der Waals surface area (Å²) in [6.45, 7) is 2.29. The van der Waals surface area contributed by atoms with Crippen LogP contribution in [0.5, 0.6) is 0 Å². The lowest BCUT2D eigenvalue weighted by Crippen LogP contribution is -2.38. The standard InChI is InChI=1S/C18H18BrClO3/c1-2-3-12-23-17(21)18(22,13-4-8-15(19)9-5-13)14-6-10-16(20)11-7-14/h4-11,22H,2-3,12H2,1H3. The Kier molecular flexibility index (Phi) is 6.22. The molecule has 1 N–H and O–H groups in total. The summed E-state index contributed by atoms with van der Waals surface area (Å²) in [5, 5.41) is 11.7. The summed E-state index contributed by atoms with van der Waals surface area (Å²) < 4.78 is 6.14. The summed E-state index contributed by atoms with van der Waals surface area (Å²) in [7, 11) is 0. The first-order chi connectivity index (χ1) is 11.0. The van der Waals surface area contributed by atoms with Gasteiger partial charge in [0.2, 0.25) is 5.60 Å². The van der Waals surface area contributed by atoms with Crippen LogP contribution < -0.4 is 0 Å². The first-order valence-corrected chi connectivity index (χ1v) is 8.57. The van der Waals surface area contributed by atoms with E-state index >= 15 is 0 Å². The van der Waals surface area contributed by atoms with Gasteiger partial charge in [0, 0.05) is 9.50 Å².